The second kappa shape index (κ2) is 4.80. The van der Waals surface area contributed by atoms with Gasteiger partial charge in [0.25, 0.3) is 10.0 Å². The van der Waals surface area contributed by atoms with Gasteiger partial charge in [0.1, 0.15) is 22.6 Å². The number of nitrogens with zero attached hydrogens (tertiary/aromatic N) is 3. The van der Waals surface area contributed by atoms with Gasteiger partial charge < -0.3 is 0 Å². The number of sulfonamides is 1. The summed E-state index contributed by atoms with van der Waals surface area (Å²) in [5, 5.41) is 23.6. The van der Waals surface area contributed by atoms with Crippen molar-refractivity contribution in [3.05, 3.63) is 41.6 Å². The van der Waals surface area contributed by atoms with Gasteiger partial charge in [-0.15, -0.1) is 0 Å². The van der Waals surface area contributed by atoms with Crippen molar-refractivity contribution in [2.45, 2.75) is 4.90 Å². The average Bonchev–Trinajstić information content (AvgIpc) is 2.85. The highest BCUT2D eigenvalue weighted by Gasteiger charge is 2.20. The molecule has 0 aliphatic rings. The van der Waals surface area contributed by atoms with Crippen LogP contribution in [-0.2, 0) is 10.0 Å². The summed E-state index contributed by atoms with van der Waals surface area (Å²) in [6, 6.07) is 9.37. The normalized spacial score (nSPS) is 10.4. The van der Waals surface area contributed by atoms with Gasteiger partial charge in [-0.25, -0.2) is 8.42 Å². The van der Waals surface area contributed by atoms with Crippen LogP contribution in [0.15, 0.2) is 35.4 Å². The third-order valence-electron chi connectivity index (χ3n) is 2.29. The first kappa shape index (κ1) is 12.6. The van der Waals surface area contributed by atoms with Crippen LogP contribution < -0.4 is 4.72 Å². The number of nitriles is 2. The van der Waals surface area contributed by atoms with E-state index in [1.165, 1.54) is 24.4 Å². The van der Waals surface area contributed by atoms with Crippen LogP contribution >= 0.6 is 0 Å². The molecule has 0 fully saturated rings. The maximum atomic E-state index is 12.1. The Hall–Kier alpha value is -2.84. The van der Waals surface area contributed by atoms with E-state index in [1.807, 2.05) is 0 Å². The summed E-state index contributed by atoms with van der Waals surface area (Å²) in [7, 11) is -3.95. The number of H-pyrrole nitrogens is 1. The minimum atomic E-state index is -3.95. The number of hydrogen-bond donors (Lipinski definition) is 2. The molecule has 94 valence electrons. The number of aromatic nitrogens is 2. The van der Waals surface area contributed by atoms with Crippen molar-refractivity contribution in [2.75, 3.05) is 4.72 Å². The fraction of sp³-hybridized carbons (Fsp3) is 0. The van der Waals surface area contributed by atoms with Crippen LogP contribution in [0.3, 0.4) is 0 Å². The summed E-state index contributed by atoms with van der Waals surface area (Å²) in [5.74, 6) is -0.0322. The van der Waals surface area contributed by atoms with E-state index in [4.69, 9.17) is 10.5 Å². The van der Waals surface area contributed by atoms with Gasteiger partial charge in [-0.1, -0.05) is 12.1 Å². The molecule has 7 nitrogen and oxygen atoms in total. The molecule has 0 spiro atoms. The Morgan fingerprint density at radius 3 is 2.53 bits per heavy atom. The fourth-order valence-corrected chi connectivity index (χ4v) is 2.63. The van der Waals surface area contributed by atoms with E-state index in [0.717, 1.165) is 0 Å². The van der Waals surface area contributed by atoms with Gasteiger partial charge in [-0.05, 0) is 12.1 Å². The fourth-order valence-electron chi connectivity index (χ4n) is 1.43. The molecule has 0 aliphatic carbocycles. The molecule has 2 aromatic rings. The summed E-state index contributed by atoms with van der Waals surface area (Å²) in [6.07, 6.45) is 1.20. The molecular formula is C11H7N5O2S. The van der Waals surface area contributed by atoms with E-state index in [2.05, 4.69) is 14.9 Å². The summed E-state index contributed by atoms with van der Waals surface area (Å²) in [5.41, 5.74) is 0.0889. The van der Waals surface area contributed by atoms with Gasteiger partial charge in [-0.3, -0.25) is 9.82 Å². The predicted octanol–water partition coefficient (Wildman–Crippen LogP) is 0.954. The molecule has 0 saturated carbocycles. The predicted molar refractivity (Wildman–Crippen MR) is 65.3 cm³/mol. The van der Waals surface area contributed by atoms with Gasteiger partial charge in [-0.2, -0.15) is 15.6 Å². The van der Waals surface area contributed by atoms with E-state index < -0.39 is 10.0 Å². The molecule has 1 aromatic heterocycles. The zero-order valence-electron chi connectivity index (χ0n) is 9.45. The third kappa shape index (κ3) is 2.39. The van der Waals surface area contributed by atoms with Crippen LogP contribution in [0.1, 0.15) is 11.1 Å². The highest BCUT2D eigenvalue weighted by molar-refractivity contribution is 7.92. The van der Waals surface area contributed by atoms with E-state index in [-0.39, 0.29) is 21.8 Å². The topological polar surface area (TPSA) is 122 Å². The Morgan fingerprint density at radius 1 is 1.16 bits per heavy atom. The van der Waals surface area contributed by atoms with Crippen LogP contribution in [0.25, 0.3) is 0 Å². The van der Waals surface area contributed by atoms with Gasteiger partial charge in [0.15, 0.2) is 5.82 Å². The zero-order valence-corrected chi connectivity index (χ0v) is 10.3. The van der Waals surface area contributed by atoms with Crippen molar-refractivity contribution in [3.63, 3.8) is 0 Å². The van der Waals surface area contributed by atoms with Crippen molar-refractivity contribution in [1.29, 1.82) is 10.5 Å². The van der Waals surface area contributed by atoms with E-state index in [0.29, 0.717) is 0 Å². The maximum Gasteiger partial charge on any atom is 0.264 e. The van der Waals surface area contributed by atoms with E-state index in [9.17, 15) is 8.42 Å². The van der Waals surface area contributed by atoms with Gasteiger partial charge >= 0.3 is 0 Å². The van der Waals surface area contributed by atoms with E-state index in [1.54, 1.807) is 18.2 Å². The average molecular weight is 273 g/mol. The number of anilines is 1. The lowest BCUT2D eigenvalue weighted by molar-refractivity contribution is 0.600. The largest absolute Gasteiger partial charge is 0.264 e. The molecule has 0 aliphatic heterocycles. The first-order valence-electron chi connectivity index (χ1n) is 5.04. The number of rotatable bonds is 3. The quantitative estimate of drug-likeness (QED) is 0.862. The van der Waals surface area contributed by atoms with Crippen LogP contribution in [0.4, 0.5) is 5.82 Å². The van der Waals surface area contributed by atoms with Crippen molar-refractivity contribution in [1.82, 2.24) is 10.2 Å². The SMILES string of the molecule is N#Cc1ccccc1S(=O)(=O)Nc1[nH]ncc1C#N. The zero-order chi connectivity index (χ0) is 13.9. The minimum Gasteiger partial charge on any atom is -0.263 e. The van der Waals surface area contributed by atoms with E-state index >= 15 is 0 Å². The van der Waals surface area contributed by atoms with Crippen molar-refractivity contribution < 1.29 is 8.42 Å². The Bertz CT molecular complexity index is 795. The molecule has 19 heavy (non-hydrogen) atoms. The van der Waals surface area contributed by atoms with Crippen LogP contribution in [-0.4, -0.2) is 18.6 Å². The monoisotopic (exact) mass is 273 g/mol. The van der Waals surface area contributed by atoms with Crippen LogP contribution in [0.2, 0.25) is 0 Å². The first-order valence-corrected chi connectivity index (χ1v) is 6.52. The smallest absolute Gasteiger partial charge is 0.263 e. The molecule has 1 aromatic carbocycles. The molecule has 0 bridgehead atoms. The van der Waals surface area contributed by atoms with Crippen molar-refractivity contribution in [3.8, 4) is 12.1 Å². The number of aromatic amines is 1. The van der Waals surface area contributed by atoms with Gasteiger partial charge in [0.2, 0.25) is 0 Å². The lowest BCUT2D eigenvalue weighted by Gasteiger charge is -2.07. The lowest BCUT2D eigenvalue weighted by atomic mass is 10.2. The minimum absolute atomic E-state index is 0.0213. The molecule has 0 radical (unpaired) electrons. The Kier molecular flexibility index (Phi) is 3.19. The summed E-state index contributed by atoms with van der Waals surface area (Å²) in [6.45, 7) is 0. The third-order valence-corrected chi connectivity index (χ3v) is 3.70. The van der Waals surface area contributed by atoms with Gasteiger partial charge in [0, 0.05) is 0 Å². The number of benzene rings is 1. The maximum absolute atomic E-state index is 12.1. The summed E-state index contributed by atoms with van der Waals surface area (Å²) >= 11 is 0. The van der Waals surface area contributed by atoms with Crippen molar-refractivity contribution >= 4 is 15.8 Å². The Balaban J connectivity index is 2.45. The van der Waals surface area contributed by atoms with Crippen LogP contribution in [0.5, 0.6) is 0 Å². The highest BCUT2D eigenvalue weighted by atomic mass is 32.2. The number of nitrogens with one attached hydrogen (secondary N) is 2. The molecule has 0 atom stereocenters. The Morgan fingerprint density at radius 2 is 1.84 bits per heavy atom. The Labute approximate surface area is 109 Å². The molecule has 0 unspecified atom stereocenters. The van der Waals surface area contributed by atoms with Gasteiger partial charge in [0.05, 0.1) is 11.8 Å². The standard InChI is InChI=1S/C11H7N5O2S/c12-5-8-3-1-2-4-10(8)19(17,18)16-11-9(6-13)7-14-15-11/h1-4,7H,(H2,14,15,16). The molecule has 2 rings (SSSR count). The molecule has 0 amide bonds. The second-order valence-electron chi connectivity index (χ2n) is 3.48. The highest BCUT2D eigenvalue weighted by Crippen LogP contribution is 2.19. The molecule has 0 saturated heterocycles. The molecular weight excluding hydrogens is 266 g/mol. The van der Waals surface area contributed by atoms with Crippen molar-refractivity contribution in [2.24, 2.45) is 0 Å². The summed E-state index contributed by atoms with van der Waals surface area (Å²) < 4.78 is 26.4. The molecule has 2 N–H and O–H groups in total. The van der Waals surface area contributed by atoms with Crippen LogP contribution in [0, 0.1) is 22.7 Å². The number of hydrogen-bond acceptors (Lipinski definition) is 5. The molecule has 8 heteroatoms. The summed E-state index contributed by atoms with van der Waals surface area (Å²) in [4.78, 5) is -0.156. The second-order valence-corrected chi connectivity index (χ2v) is 5.13. The first-order chi connectivity index (χ1) is 9.08. The molecule has 1 heterocycles. The lowest BCUT2D eigenvalue weighted by Crippen LogP contribution is -2.15.